The molecule has 6 heteroatoms. The molecular weight excluding hydrogens is 300 g/mol. The molecule has 0 aliphatic carbocycles. The van der Waals surface area contributed by atoms with Gasteiger partial charge in [0.15, 0.2) is 0 Å². The van der Waals surface area contributed by atoms with Crippen LogP contribution in [0.25, 0.3) is 10.2 Å². The SMILES string of the molecule is CCCNc1nc(NC(C)CSC)c2cc(CC)sc2n1. The molecule has 0 amide bonds. The Balaban J connectivity index is 2.35. The van der Waals surface area contributed by atoms with Crippen LogP contribution in [0.5, 0.6) is 0 Å². The quantitative estimate of drug-likeness (QED) is 0.760. The van der Waals surface area contributed by atoms with Crippen LogP contribution in [0.4, 0.5) is 11.8 Å². The predicted molar refractivity (Wildman–Crippen MR) is 97.0 cm³/mol. The number of aromatic nitrogens is 2. The van der Waals surface area contributed by atoms with Crippen LogP contribution in [-0.2, 0) is 6.42 Å². The molecule has 0 aromatic carbocycles. The molecule has 0 saturated heterocycles. The molecule has 2 rings (SSSR count). The standard InChI is InChI=1S/C15H24N4S2/c1-5-7-16-15-18-13(17-10(3)9-20-4)12-8-11(6-2)21-14(12)19-15/h8,10H,5-7,9H2,1-4H3,(H2,16,17,18,19). The Bertz CT molecular complexity index is 582. The minimum Gasteiger partial charge on any atom is -0.366 e. The van der Waals surface area contributed by atoms with Gasteiger partial charge in [0.2, 0.25) is 5.95 Å². The second-order valence-electron chi connectivity index (χ2n) is 5.11. The highest BCUT2D eigenvalue weighted by Crippen LogP contribution is 2.30. The van der Waals surface area contributed by atoms with Gasteiger partial charge >= 0.3 is 0 Å². The van der Waals surface area contributed by atoms with Gasteiger partial charge in [-0.3, -0.25) is 0 Å². The highest BCUT2D eigenvalue weighted by Gasteiger charge is 2.13. The van der Waals surface area contributed by atoms with Crippen molar-refractivity contribution in [2.75, 3.05) is 29.2 Å². The molecule has 0 aliphatic heterocycles. The van der Waals surface area contributed by atoms with E-state index in [-0.39, 0.29) is 0 Å². The van der Waals surface area contributed by atoms with Gasteiger partial charge < -0.3 is 10.6 Å². The van der Waals surface area contributed by atoms with Crippen molar-refractivity contribution in [2.24, 2.45) is 0 Å². The van der Waals surface area contributed by atoms with Crippen molar-refractivity contribution >= 4 is 45.1 Å². The fourth-order valence-corrected chi connectivity index (χ4v) is 3.65. The molecular formula is C15H24N4S2. The first-order chi connectivity index (χ1) is 10.2. The number of hydrogen-bond donors (Lipinski definition) is 2. The minimum atomic E-state index is 0.391. The van der Waals surface area contributed by atoms with Crippen LogP contribution in [0.15, 0.2) is 6.07 Å². The fraction of sp³-hybridized carbons (Fsp3) is 0.600. The zero-order chi connectivity index (χ0) is 15.2. The molecule has 2 aromatic rings. The Hall–Kier alpha value is -1.01. The second-order valence-corrected chi connectivity index (χ2v) is 7.13. The first-order valence-electron chi connectivity index (χ1n) is 7.47. The molecule has 1 atom stereocenters. The maximum atomic E-state index is 4.67. The monoisotopic (exact) mass is 324 g/mol. The number of thiophene rings is 1. The van der Waals surface area contributed by atoms with Crippen LogP contribution in [0.1, 0.15) is 32.1 Å². The molecule has 0 saturated carbocycles. The lowest BCUT2D eigenvalue weighted by atomic mass is 10.3. The normalized spacial score (nSPS) is 12.6. The third-order valence-corrected chi connectivity index (χ3v) is 5.13. The second kappa shape index (κ2) is 7.84. The van der Waals surface area contributed by atoms with E-state index in [0.717, 1.165) is 47.1 Å². The summed E-state index contributed by atoms with van der Waals surface area (Å²) in [5.41, 5.74) is 0. The van der Waals surface area contributed by atoms with Crippen LogP contribution in [0.3, 0.4) is 0 Å². The van der Waals surface area contributed by atoms with Gasteiger partial charge in [0.1, 0.15) is 10.6 Å². The molecule has 0 radical (unpaired) electrons. The first kappa shape index (κ1) is 16.4. The number of rotatable bonds is 8. The molecule has 2 aromatic heterocycles. The molecule has 0 fully saturated rings. The zero-order valence-corrected chi connectivity index (χ0v) is 14.8. The number of nitrogens with zero attached hydrogens (tertiary/aromatic N) is 2. The highest BCUT2D eigenvalue weighted by molar-refractivity contribution is 7.98. The third-order valence-electron chi connectivity index (χ3n) is 3.13. The van der Waals surface area contributed by atoms with E-state index in [2.05, 4.69) is 53.7 Å². The Morgan fingerprint density at radius 3 is 2.81 bits per heavy atom. The van der Waals surface area contributed by atoms with E-state index in [9.17, 15) is 0 Å². The summed E-state index contributed by atoms with van der Waals surface area (Å²) in [6.45, 7) is 7.41. The average Bonchev–Trinajstić information content (AvgIpc) is 2.88. The van der Waals surface area contributed by atoms with E-state index >= 15 is 0 Å². The van der Waals surface area contributed by atoms with Gasteiger partial charge in [-0.15, -0.1) is 11.3 Å². The van der Waals surface area contributed by atoms with E-state index in [1.165, 1.54) is 4.88 Å². The van der Waals surface area contributed by atoms with Crippen molar-refractivity contribution in [3.8, 4) is 0 Å². The minimum absolute atomic E-state index is 0.391. The Labute approximate surface area is 135 Å². The van der Waals surface area contributed by atoms with E-state index in [1.54, 1.807) is 11.3 Å². The lowest BCUT2D eigenvalue weighted by Gasteiger charge is -2.15. The molecule has 2 heterocycles. The summed E-state index contributed by atoms with van der Waals surface area (Å²) in [6, 6.07) is 2.61. The van der Waals surface area contributed by atoms with Crippen molar-refractivity contribution in [3.05, 3.63) is 10.9 Å². The summed E-state index contributed by atoms with van der Waals surface area (Å²) in [5, 5.41) is 7.98. The third kappa shape index (κ3) is 4.23. The number of hydrogen-bond acceptors (Lipinski definition) is 6. The molecule has 0 aliphatic rings. The zero-order valence-electron chi connectivity index (χ0n) is 13.2. The van der Waals surface area contributed by atoms with Gasteiger partial charge in [-0.1, -0.05) is 13.8 Å². The molecule has 0 spiro atoms. The van der Waals surface area contributed by atoms with E-state index in [1.807, 2.05) is 11.8 Å². The van der Waals surface area contributed by atoms with Crippen LogP contribution in [0.2, 0.25) is 0 Å². The van der Waals surface area contributed by atoms with Gasteiger partial charge in [-0.25, -0.2) is 4.98 Å². The first-order valence-corrected chi connectivity index (χ1v) is 9.68. The van der Waals surface area contributed by atoms with E-state index in [4.69, 9.17) is 0 Å². The largest absolute Gasteiger partial charge is 0.366 e. The summed E-state index contributed by atoms with van der Waals surface area (Å²) < 4.78 is 0. The van der Waals surface area contributed by atoms with E-state index < -0.39 is 0 Å². The van der Waals surface area contributed by atoms with Gasteiger partial charge in [-0.05, 0) is 32.1 Å². The molecule has 2 N–H and O–H groups in total. The molecule has 116 valence electrons. The number of anilines is 2. The van der Waals surface area contributed by atoms with Crippen LogP contribution >= 0.6 is 23.1 Å². The Kier molecular flexibility index (Phi) is 6.11. The van der Waals surface area contributed by atoms with Crippen LogP contribution in [0, 0.1) is 0 Å². The maximum absolute atomic E-state index is 4.67. The summed E-state index contributed by atoms with van der Waals surface area (Å²) in [4.78, 5) is 11.7. The number of thioether (sulfide) groups is 1. The van der Waals surface area contributed by atoms with Crippen LogP contribution < -0.4 is 10.6 Å². The van der Waals surface area contributed by atoms with Gasteiger partial charge in [0.25, 0.3) is 0 Å². The molecule has 1 unspecified atom stereocenters. The van der Waals surface area contributed by atoms with Crippen molar-refractivity contribution in [2.45, 2.75) is 39.7 Å². The Morgan fingerprint density at radius 1 is 1.33 bits per heavy atom. The molecule has 0 bridgehead atoms. The lowest BCUT2D eigenvalue weighted by molar-refractivity contribution is 0.901. The van der Waals surface area contributed by atoms with Crippen molar-refractivity contribution in [3.63, 3.8) is 0 Å². The molecule has 4 nitrogen and oxygen atoms in total. The Morgan fingerprint density at radius 2 is 2.14 bits per heavy atom. The lowest BCUT2D eigenvalue weighted by Crippen LogP contribution is -2.19. The topological polar surface area (TPSA) is 49.8 Å². The smallest absolute Gasteiger partial charge is 0.226 e. The molecule has 21 heavy (non-hydrogen) atoms. The summed E-state index contributed by atoms with van der Waals surface area (Å²) >= 11 is 3.61. The average molecular weight is 325 g/mol. The highest BCUT2D eigenvalue weighted by atomic mass is 32.2. The number of nitrogens with one attached hydrogen (secondary N) is 2. The van der Waals surface area contributed by atoms with Gasteiger partial charge in [-0.2, -0.15) is 16.7 Å². The van der Waals surface area contributed by atoms with Crippen molar-refractivity contribution in [1.82, 2.24) is 9.97 Å². The fourth-order valence-electron chi connectivity index (χ4n) is 2.10. The summed E-state index contributed by atoms with van der Waals surface area (Å²) in [5.74, 6) is 2.75. The predicted octanol–water partition coefficient (Wildman–Crippen LogP) is 4.24. The van der Waals surface area contributed by atoms with Crippen molar-refractivity contribution < 1.29 is 0 Å². The van der Waals surface area contributed by atoms with Crippen molar-refractivity contribution in [1.29, 1.82) is 0 Å². The summed E-state index contributed by atoms with van der Waals surface area (Å²) in [7, 11) is 0. The van der Waals surface area contributed by atoms with Gasteiger partial charge in [0, 0.05) is 23.2 Å². The number of fused-ring (bicyclic) bond motifs is 1. The van der Waals surface area contributed by atoms with E-state index in [0.29, 0.717) is 6.04 Å². The summed E-state index contributed by atoms with van der Waals surface area (Å²) in [6.07, 6.45) is 4.23. The van der Waals surface area contributed by atoms with Crippen LogP contribution in [-0.4, -0.2) is 34.6 Å². The number of aryl methyl sites for hydroxylation is 1. The maximum Gasteiger partial charge on any atom is 0.226 e. The van der Waals surface area contributed by atoms with Gasteiger partial charge in [0.05, 0.1) is 5.39 Å².